The Hall–Kier alpha value is -1.39. The van der Waals surface area contributed by atoms with Gasteiger partial charge in [0.1, 0.15) is 0 Å². The van der Waals surface area contributed by atoms with E-state index < -0.39 is 0 Å². The highest BCUT2D eigenvalue weighted by Crippen LogP contribution is 2.26. The van der Waals surface area contributed by atoms with Crippen molar-refractivity contribution in [1.82, 2.24) is 10.2 Å². The van der Waals surface area contributed by atoms with Crippen LogP contribution in [0, 0.1) is 5.92 Å². The predicted molar refractivity (Wildman–Crippen MR) is 88.5 cm³/mol. The molecule has 0 bridgehead atoms. The SMILES string of the molecule is CC(=O)N1CCC(NCc2csc3ccccc23)C(C)C1. The first kappa shape index (κ1) is 14.5. The molecule has 0 spiro atoms. The maximum atomic E-state index is 11.4. The molecule has 3 rings (SSSR count). The molecule has 1 N–H and O–H groups in total. The van der Waals surface area contributed by atoms with Crippen LogP contribution in [0.3, 0.4) is 0 Å². The van der Waals surface area contributed by atoms with Crippen LogP contribution in [0.5, 0.6) is 0 Å². The number of nitrogens with one attached hydrogen (secondary N) is 1. The molecule has 2 heterocycles. The summed E-state index contributed by atoms with van der Waals surface area (Å²) in [6.07, 6.45) is 1.04. The molecule has 1 saturated heterocycles. The Bertz CT molecular complexity index is 637. The summed E-state index contributed by atoms with van der Waals surface area (Å²) >= 11 is 1.81. The van der Waals surface area contributed by atoms with Gasteiger partial charge in [0.15, 0.2) is 0 Å². The van der Waals surface area contributed by atoms with Gasteiger partial charge < -0.3 is 10.2 Å². The monoisotopic (exact) mass is 302 g/mol. The number of rotatable bonds is 3. The smallest absolute Gasteiger partial charge is 0.219 e. The van der Waals surface area contributed by atoms with E-state index in [1.165, 1.54) is 15.6 Å². The van der Waals surface area contributed by atoms with Gasteiger partial charge >= 0.3 is 0 Å². The molecule has 2 atom stereocenters. The molecule has 1 aromatic heterocycles. The van der Waals surface area contributed by atoms with Gasteiger partial charge in [0.05, 0.1) is 0 Å². The molecule has 0 aliphatic carbocycles. The Morgan fingerprint density at radius 2 is 2.24 bits per heavy atom. The van der Waals surface area contributed by atoms with E-state index in [2.05, 4.69) is 41.9 Å². The molecule has 3 nitrogen and oxygen atoms in total. The predicted octanol–water partition coefficient (Wildman–Crippen LogP) is 3.25. The van der Waals surface area contributed by atoms with Gasteiger partial charge in [-0.3, -0.25) is 4.79 Å². The zero-order chi connectivity index (χ0) is 14.8. The normalized spacial score (nSPS) is 22.7. The number of hydrogen-bond donors (Lipinski definition) is 1. The first-order valence-electron chi connectivity index (χ1n) is 7.59. The lowest BCUT2D eigenvalue weighted by Gasteiger charge is -2.37. The highest BCUT2D eigenvalue weighted by molar-refractivity contribution is 7.17. The minimum atomic E-state index is 0.198. The second kappa shape index (κ2) is 6.16. The standard InChI is InChI=1S/C17H22N2OS/c1-12-10-19(13(2)20)8-7-16(12)18-9-14-11-21-17-6-4-3-5-15(14)17/h3-6,11-12,16,18H,7-10H2,1-2H3. The number of hydrogen-bond acceptors (Lipinski definition) is 3. The lowest BCUT2D eigenvalue weighted by Crippen LogP contribution is -2.49. The minimum Gasteiger partial charge on any atom is -0.343 e. The van der Waals surface area contributed by atoms with E-state index in [9.17, 15) is 4.79 Å². The van der Waals surface area contributed by atoms with Crippen LogP contribution >= 0.6 is 11.3 Å². The van der Waals surface area contributed by atoms with Crippen molar-refractivity contribution < 1.29 is 4.79 Å². The summed E-state index contributed by atoms with van der Waals surface area (Å²) in [5, 5.41) is 7.32. The van der Waals surface area contributed by atoms with Gasteiger partial charge in [-0.05, 0) is 34.7 Å². The third kappa shape index (κ3) is 3.11. The largest absolute Gasteiger partial charge is 0.343 e. The van der Waals surface area contributed by atoms with E-state index in [4.69, 9.17) is 0 Å². The van der Waals surface area contributed by atoms with Gasteiger partial charge in [0.2, 0.25) is 5.91 Å². The average molecular weight is 302 g/mol. The summed E-state index contributed by atoms with van der Waals surface area (Å²) in [5.41, 5.74) is 1.39. The number of piperidine rings is 1. The zero-order valence-corrected chi connectivity index (χ0v) is 13.5. The maximum Gasteiger partial charge on any atom is 0.219 e. The van der Waals surface area contributed by atoms with Crippen LogP contribution in [0.1, 0.15) is 25.8 Å². The van der Waals surface area contributed by atoms with Crippen LogP contribution in [0.2, 0.25) is 0 Å². The summed E-state index contributed by atoms with van der Waals surface area (Å²) in [7, 11) is 0. The molecular weight excluding hydrogens is 280 g/mol. The molecule has 1 aliphatic heterocycles. The van der Waals surface area contributed by atoms with Crippen molar-refractivity contribution in [1.29, 1.82) is 0 Å². The van der Waals surface area contributed by atoms with E-state index >= 15 is 0 Å². The molecule has 112 valence electrons. The topological polar surface area (TPSA) is 32.3 Å². The fourth-order valence-electron chi connectivity index (χ4n) is 3.15. The van der Waals surface area contributed by atoms with Gasteiger partial charge in [0, 0.05) is 37.3 Å². The number of carbonyl (C=O) groups excluding carboxylic acids is 1. The van der Waals surface area contributed by atoms with Crippen molar-refractivity contribution in [3.8, 4) is 0 Å². The Balaban J connectivity index is 1.62. The second-order valence-electron chi connectivity index (χ2n) is 5.98. The fourth-order valence-corrected chi connectivity index (χ4v) is 4.11. The van der Waals surface area contributed by atoms with Crippen LogP contribution in [0.25, 0.3) is 10.1 Å². The number of fused-ring (bicyclic) bond motifs is 1. The number of nitrogens with zero attached hydrogens (tertiary/aromatic N) is 1. The molecule has 21 heavy (non-hydrogen) atoms. The molecular formula is C17H22N2OS. The van der Waals surface area contributed by atoms with Gasteiger partial charge in [-0.1, -0.05) is 25.1 Å². The summed E-state index contributed by atoms with van der Waals surface area (Å²) in [5.74, 6) is 0.705. The highest BCUT2D eigenvalue weighted by atomic mass is 32.1. The third-order valence-electron chi connectivity index (χ3n) is 4.47. The summed E-state index contributed by atoms with van der Waals surface area (Å²) in [4.78, 5) is 13.4. The quantitative estimate of drug-likeness (QED) is 0.944. The summed E-state index contributed by atoms with van der Waals surface area (Å²) in [6, 6.07) is 9.07. The zero-order valence-electron chi connectivity index (χ0n) is 12.6. The Labute approximate surface area is 130 Å². The molecule has 2 unspecified atom stereocenters. The number of benzene rings is 1. The number of amides is 1. The molecule has 1 fully saturated rings. The van der Waals surface area contributed by atoms with Gasteiger partial charge in [-0.2, -0.15) is 0 Å². The van der Waals surface area contributed by atoms with Gasteiger partial charge in [0.25, 0.3) is 0 Å². The van der Waals surface area contributed by atoms with E-state index in [1.807, 2.05) is 16.2 Å². The molecule has 1 aromatic carbocycles. The van der Waals surface area contributed by atoms with Crippen molar-refractivity contribution in [2.45, 2.75) is 32.9 Å². The van der Waals surface area contributed by atoms with Crippen LogP contribution in [-0.4, -0.2) is 29.9 Å². The molecule has 1 aliphatic rings. The Kier molecular flexibility index (Phi) is 4.27. The van der Waals surface area contributed by atoms with Crippen molar-refractivity contribution in [2.75, 3.05) is 13.1 Å². The van der Waals surface area contributed by atoms with Crippen LogP contribution in [0.15, 0.2) is 29.6 Å². The van der Waals surface area contributed by atoms with Crippen LogP contribution in [-0.2, 0) is 11.3 Å². The number of carbonyl (C=O) groups is 1. The van der Waals surface area contributed by atoms with E-state index in [1.54, 1.807) is 6.92 Å². The summed E-state index contributed by atoms with van der Waals surface area (Å²) in [6.45, 7) is 6.56. The third-order valence-corrected chi connectivity index (χ3v) is 5.48. The van der Waals surface area contributed by atoms with E-state index in [0.717, 1.165) is 26.1 Å². The van der Waals surface area contributed by atoms with Gasteiger partial charge in [-0.15, -0.1) is 11.3 Å². The summed E-state index contributed by atoms with van der Waals surface area (Å²) < 4.78 is 1.36. The first-order chi connectivity index (χ1) is 10.1. The molecule has 2 aromatic rings. The lowest BCUT2D eigenvalue weighted by atomic mass is 9.93. The Morgan fingerprint density at radius 1 is 1.43 bits per heavy atom. The lowest BCUT2D eigenvalue weighted by molar-refractivity contribution is -0.130. The fraction of sp³-hybridized carbons (Fsp3) is 0.471. The van der Waals surface area contributed by atoms with Gasteiger partial charge in [-0.25, -0.2) is 0 Å². The molecule has 0 saturated carbocycles. The van der Waals surface area contributed by atoms with E-state index in [0.29, 0.717) is 12.0 Å². The average Bonchev–Trinajstić information content (AvgIpc) is 2.89. The maximum absolute atomic E-state index is 11.4. The molecule has 4 heteroatoms. The first-order valence-corrected chi connectivity index (χ1v) is 8.47. The minimum absolute atomic E-state index is 0.198. The van der Waals surface area contributed by atoms with Crippen LogP contribution in [0.4, 0.5) is 0 Å². The van der Waals surface area contributed by atoms with Crippen LogP contribution < -0.4 is 5.32 Å². The van der Waals surface area contributed by atoms with E-state index in [-0.39, 0.29) is 5.91 Å². The molecule has 0 radical (unpaired) electrons. The van der Waals surface area contributed by atoms with Crippen molar-refractivity contribution >= 4 is 27.3 Å². The van der Waals surface area contributed by atoms with Crippen molar-refractivity contribution in [3.63, 3.8) is 0 Å². The number of thiophene rings is 1. The second-order valence-corrected chi connectivity index (χ2v) is 6.89. The Morgan fingerprint density at radius 3 is 3.00 bits per heavy atom. The van der Waals surface area contributed by atoms with Crippen molar-refractivity contribution in [3.05, 3.63) is 35.2 Å². The van der Waals surface area contributed by atoms with Crippen molar-refractivity contribution in [2.24, 2.45) is 5.92 Å². The molecule has 1 amide bonds. The number of likely N-dealkylation sites (tertiary alicyclic amines) is 1. The highest BCUT2D eigenvalue weighted by Gasteiger charge is 2.26.